The molecule has 76 valence electrons. The Kier molecular flexibility index (Phi) is 6.60. The molecule has 3 nitrogen and oxygen atoms in total. The van der Waals surface area contributed by atoms with E-state index in [0.29, 0.717) is 10.8 Å². The molecule has 0 fully saturated rings. The Morgan fingerprint density at radius 3 is 2.60 bits per heavy atom. The standard InChI is InChI=1S/C10H11ClO3.Ca/c1-6-5-8(11)3-4-9(6)14-7(2)10(12)13;/h3-5,7H,1-2H3,(H,12,13);/q;+2/p-1. The van der Waals surface area contributed by atoms with Crippen molar-refractivity contribution in [1.29, 1.82) is 0 Å². The van der Waals surface area contributed by atoms with Gasteiger partial charge in [-0.2, -0.15) is 0 Å². The van der Waals surface area contributed by atoms with Crippen LogP contribution in [0.1, 0.15) is 12.5 Å². The number of carboxylic acids is 1. The zero-order valence-corrected chi connectivity index (χ0v) is 11.6. The van der Waals surface area contributed by atoms with Gasteiger partial charge in [-0.05, 0) is 37.6 Å². The maximum absolute atomic E-state index is 10.4. The van der Waals surface area contributed by atoms with Crippen LogP contribution in [0.15, 0.2) is 18.2 Å². The zero-order valence-electron chi connectivity index (χ0n) is 8.62. The van der Waals surface area contributed by atoms with E-state index < -0.39 is 12.1 Å². The molecule has 0 aromatic heterocycles. The Balaban J connectivity index is 0.00000196. The molecular formula is C10H10CaClO3+. The van der Waals surface area contributed by atoms with Crippen LogP contribution in [0.5, 0.6) is 5.75 Å². The third-order valence-electron chi connectivity index (χ3n) is 1.77. The van der Waals surface area contributed by atoms with Gasteiger partial charge in [-0.3, -0.25) is 0 Å². The topological polar surface area (TPSA) is 49.4 Å². The summed E-state index contributed by atoms with van der Waals surface area (Å²) >= 11 is 5.73. The van der Waals surface area contributed by atoms with E-state index in [1.807, 2.05) is 0 Å². The number of hydrogen-bond acceptors (Lipinski definition) is 3. The molecule has 0 aliphatic heterocycles. The summed E-state index contributed by atoms with van der Waals surface area (Å²) in [6.45, 7) is 3.21. The number of aliphatic carboxylic acids is 1. The average molecular weight is 254 g/mol. The molecule has 15 heavy (non-hydrogen) atoms. The summed E-state index contributed by atoms with van der Waals surface area (Å²) in [6, 6.07) is 4.99. The average Bonchev–Trinajstić information content (AvgIpc) is 2.09. The first-order chi connectivity index (χ1) is 6.50. The molecule has 0 amide bonds. The van der Waals surface area contributed by atoms with Gasteiger partial charge in [-0.1, -0.05) is 11.6 Å². The summed E-state index contributed by atoms with van der Waals surface area (Å²) in [6.07, 6.45) is -0.963. The minimum absolute atomic E-state index is 0. The number of benzene rings is 1. The van der Waals surface area contributed by atoms with Gasteiger partial charge in [-0.15, -0.1) is 0 Å². The first kappa shape index (κ1) is 15.0. The van der Waals surface area contributed by atoms with Gasteiger partial charge in [0, 0.05) is 5.02 Å². The summed E-state index contributed by atoms with van der Waals surface area (Å²) in [5.74, 6) is -0.731. The first-order valence-electron chi connectivity index (χ1n) is 4.14. The van der Waals surface area contributed by atoms with Crippen LogP contribution in [-0.4, -0.2) is 49.8 Å². The van der Waals surface area contributed by atoms with Crippen LogP contribution >= 0.6 is 11.6 Å². The minimum atomic E-state index is -1.24. The Labute approximate surface area is 123 Å². The number of ether oxygens (including phenoxy) is 1. The van der Waals surface area contributed by atoms with E-state index in [1.54, 1.807) is 25.1 Å². The van der Waals surface area contributed by atoms with Crippen molar-refractivity contribution in [3.8, 4) is 5.75 Å². The van der Waals surface area contributed by atoms with E-state index in [1.165, 1.54) is 6.92 Å². The van der Waals surface area contributed by atoms with Crippen LogP contribution in [0.3, 0.4) is 0 Å². The quantitative estimate of drug-likeness (QED) is 0.749. The molecule has 1 atom stereocenters. The van der Waals surface area contributed by atoms with Crippen molar-refractivity contribution in [1.82, 2.24) is 0 Å². The predicted octanol–water partition coefficient (Wildman–Crippen LogP) is 0.785. The first-order valence-corrected chi connectivity index (χ1v) is 4.52. The molecule has 0 radical (unpaired) electrons. The number of carbonyl (C=O) groups is 1. The van der Waals surface area contributed by atoms with Crippen LogP contribution in [0.25, 0.3) is 0 Å². The van der Waals surface area contributed by atoms with Gasteiger partial charge >= 0.3 is 37.7 Å². The van der Waals surface area contributed by atoms with Gasteiger partial charge < -0.3 is 14.6 Å². The van der Waals surface area contributed by atoms with E-state index in [9.17, 15) is 9.90 Å². The second-order valence-corrected chi connectivity index (χ2v) is 3.43. The summed E-state index contributed by atoms with van der Waals surface area (Å²) in [4.78, 5) is 10.4. The van der Waals surface area contributed by atoms with Crippen molar-refractivity contribution in [2.45, 2.75) is 20.0 Å². The number of carboxylic acid groups (broad SMARTS) is 1. The van der Waals surface area contributed by atoms with Gasteiger partial charge in [-0.25, -0.2) is 0 Å². The number of aryl methyl sites for hydroxylation is 1. The van der Waals surface area contributed by atoms with Crippen LogP contribution in [0.2, 0.25) is 5.02 Å². The summed E-state index contributed by atoms with van der Waals surface area (Å²) in [5.41, 5.74) is 0.797. The molecule has 1 aromatic carbocycles. The van der Waals surface area contributed by atoms with Crippen molar-refractivity contribution in [2.75, 3.05) is 0 Å². The van der Waals surface area contributed by atoms with Crippen LogP contribution < -0.4 is 9.84 Å². The van der Waals surface area contributed by atoms with Crippen molar-refractivity contribution < 1.29 is 14.6 Å². The third kappa shape index (κ3) is 4.60. The maximum atomic E-state index is 10.4. The number of rotatable bonds is 3. The monoisotopic (exact) mass is 253 g/mol. The van der Waals surface area contributed by atoms with Gasteiger partial charge in [0.1, 0.15) is 11.9 Å². The van der Waals surface area contributed by atoms with Crippen molar-refractivity contribution in [2.24, 2.45) is 0 Å². The fraction of sp³-hybridized carbons (Fsp3) is 0.300. The second-order valence-electron chi connectivity index (χ2n) is 2.99. The number of halogens is 1. The van der Waals surface area contributed by atoms with E-state index in [0.717, 1.165) is 5.56 Å². The van der Waals surface area contributed by atoms with Crippen LogP contribution in [0.4, 0.5) is 0 Å². The van der Waals surface area contributed by atoms with Crippen molar-refractivity contribution in [3.63, 3.8) is 0 Å². The fourth-order valence-electron chi connectivity index (χ4n) is 0.984. The largest absolute Gasteiger partial charge is 2.00 e. The normalized spacial score (nSPS) is 11.4. The Morgan fingerprint density at radius 1 is 1.53 bits per heavy atom. The van der Waals surface area contributed by atoms with Crippen molar-refractivity contribution in [3.05, 3.63) is 28.8 Å². The summed E-state index contributed by atoms with van der Waals surface area (Å²) < 4.78 is 5.14. The molecule has 1 unspecified atom stereocenters. The summed E-state index contributed by atoms with van der Waals surface area (Å²) in [7, 11) is 0. The van der Waals surface area contributed by atoms with Gasteiger partial charge in [0.05, 0.1) is 5.97 Å². The molecule has 0 spiro atoms. The van der Waals surface area contributed by atoms with E-state index in [4.69, 9.17) is 16.3 Å². The SMILES string of the molecule is Cc1cc(Cl)ccc1OC(C)C(=O)[O-].[Ca+2]. The number of carbonyl (C=O) groups excluding carboxylic acids is 1. The maximum Gasteiger partial charge on any atom is 2.00 e. The molecule has 0 saturated heterocycles. The van der Waals surface area contributed by atoms with Crippen LogP contribution in [-0.2, 0) is 4.79 Å². The molecule has 0 N–H and O–H groups in total. The predicted molar refractivity (Wildman–Crippen MR) is 57.0 cm³/mol. The van der Waals surface area contributed by atoms with E-state index in [-0.39, 0.29) is 37.7 Å². The Morgan fingerprint density at radius 2 is 2.13 bits per heavy atom. The molecular weight excluding hydrogens is 244 g/mol. The molecule has 5 heteroatoms. The van der Waals surface area contributed by atoms with E-state index >= 15 is 0 Å². The Hall–Kier alpha value is 0.0397. The van der Waals surface area contributed by atoms with Gasteiger partial charge in [0.15, 0.2) is 0 Å². The molecule has 0 heterocycles. The van der Waals surface area contributed by atoms with Crippen LogP contribution in [0, 0.1) is 6.92 Å². The smallest absolute Gasteiger partial charge is 0.546 e. The zero-order chi connectivity index (χ0) is 10.7. The van der Waals surface area contributed by atoms with Gasteiger partial charge in [0.2, 0.25) is 0 Å². The minimum Gasteiger partial charge on any atom is -0.546 e. The molecule has 0 bridgehead atoms. The third-order valence-corrected chi connectivity index (χ3v) is 2.01. The molecule has 0 saturated carbocycles. The molecule has 0 aliphatic rings. The number of hydrogen-bond donors (Lipinski definition) is 0. The van der Waals surface area contributed by atoms with Gasteiger partial charge in [0.25, 0.3) is 0 Å². The second kappa shape index (κ2) is 6.59. The molecule has 0 aliphatic carbocycles. The summed E-state index contributed by atoms with van der Waals surface area (Å²) in [5, 5.41) is 11.0. The Bertz CT molecular complexity index is 355. The molecule has 1 rings (SSSR count). The van der Waals surface area contributed by atoms with E-state index in [2.05, 4.69) is 0 Å². The molecule has 1 aromatic rings. The fourth-order valence-corrected chi connectivity index (χ4v) is 1.21. The van der Waals surface area contributed by atoms with Crippen molar-refractivity contribution >= 4 is 55.3 Å².